The van der Waals surface area contributed by atoms with Crippen LogP contribution in [0.2, 0.25) is 0 Å². The van der Waals surface area contributed by atoms with Crippen LogP contribution in [0, 0.1) is 0 Å². The van der Waals surface area contributed by atoms with Crippen molar-refractivity contribution in [2.24, 2.45) is 5.84 Å². The van der Waals surface area contributed by atoms with Crippen LogP contribution < -0.4 is 16.7 Å². The number of hydroxylamine groups is 1. The van der Waals surface area contributed by atoms with Gasteiger partial charge >= 0.3 is 0 Å². The summed E-state index contributed by atoms with van der Waals surface area (Å²) in [5, 5.41) is 8.26. The first kappa shape index (κ1) is 11.9. The minimum Gasteiger partial charge on any atom is -0.290 e. The summed E-state index contributed by atoms with van der Waals surface area (Å²) in [5.74, 6) is 3.92. The second-order valence-corrected chi connectivity index (χ2v) is 2.91. The van der Waals surface area contributed by atoms with Crippen LogP contribution in [0.15, 0.2) is 30.3 Å². The summed E-state index contributed by atoms with van der Waals surface area (Å²) in [7, 11) is 0. The molecule has 0 spiro atoms. The number of hydrogen-bond donors (Lipinski definition) is 4. The molecule has 1 aromatic rings. The summed E-state index contributed by atoms with van der Waals surface area (Å²) >= 11 is 0. The van der Waals surface area contributed by atoms with Gasteiger partial charge < -0.3 is 0 Å². The molecule has 2 amide bonds. The SMILES string of the molecule is NNC(=O)c1cccc(C=CC(=O)NO)c1. The Morgan fingerprint density at radius 1 is 1.38 bits per heavy atom. The lowest BCUT2D eigenvalue weighted by atomic mass is 10.1. The Bertz CT molecular complexity index is 429. The first-order valence-corrected chi connectivity index (χ1v) is 4.40. The van der Waals surface area contributed by atoms with Crippen molar-refractivity contribution in [1.82, 2.24) is 10.9 Å². The number of nitrogen functional groups attached to an aromatic ring is 1. The number of carbonyl (C=O) groups is 2. The summed E-state index contributed by atoms with van der Waals surface area (Å²) in [6.45, 7) is 0. The van der Waals surface area contributed by atoms with Gasteiger partial charge in [0, 0.05) is 11.6 Å². The molecule has 0 aliphatic carbocycles. The highest BCUT2D eigenvalue weighted by Gasteiger charge is 2.02. The number of benzene rings is 1. The van der Waals surface area contributed by atoms with Gasteiger partial charge in [0.25, 0.3) is 11.8 Å². The van der Waals surface area contributed by atoms with Gasteiger partial charge in [0.15, 0.2) is 0 Å². The van der Waals surface area contributed by atoms with Crippen LogP contribution >= 0.6 is 0 Å². The molecule has 6 nitrogen and oxygen atoms in total. The van der Waals surface area contributed by atoms with Crippen molar-refractivity contribution in [3.05, 3.63) is 41.5 Å². The number of rotatable bonds is 3. The minimum absolute atomic E-state index is 0.383. The average Bonchev–Trinajstić information content (AvgIpc) is 2.35. The van der Waals surface area contributed by atoms with Crippen LogP contribution in [0.25, 0.3) is 6.08 Å². The molecule has 0 aliphatic rings. The lowest BCUT2D eigenvalue weighted by Gasteiger charge is -2.00. The summed E-state index contributed by atoms with van der Waals surface area (Å²) in [5.41, 5.74) is 4.49. The van der Waals surface area contributed by atoms with E-state index in [0.29, 0.717) is 11.1 Å². The standard InChI is InChI=1S/C10H11N3O3/c11-12-10(15)8-3-1-2-7(6-8)4-5-9(14)13-16/h1-6,16H,11H2,(H,12,15)(H,13,14). The van der Waals surface area contributed by atoms with Crippen LogP contribution in [0.4, 0.5) is 0 Å². The van der Waals surface area contributed by atoms with Crippen molar-refractivity contribution in [3.8, 4) is 0 Å². The molecule has 1 rings (SSSR count). The van der Waals surface area contributed by atoms with E-state index in [1.165, 1.54) is 11.6 Å². The topological polar surface area (TPSA) is 104 Å². The molecule has 5 N–H and O–H groups in total. The number of carbonyl (C=O) groups excluding carboxylic acids is 2. The Labute approximate surface area is 91.7 Å². The van der Waals surface area contributed by atoms with Gasteiger partial charge in [-0.25, -0.2) is 11.3 Å². The van der Waals surface area contributed by atoms with Crippen LogP contribution in [0.1, 0.15) is 15.9 Å². The highest BCUT2D eigenvalue weighted by molar-refractivity contribution is 5.95. The molecule has 0 radical (unpaired) electrons. The van der Waals surface area contributed by atoms with Crippen LogP contribution in [-0.4, -0.2) is 17.0 Å². The molecule has 0 bridgehead atoms. The Kier molecular flexibility index (Phi) is 4.19. The molecular weight excluding hydrogens is 210 g/mol. The van der Waals surface area contributed by atoms with Crippen molar-refractivity contribution >= 4 is 17.9 Å². The summed E-state index contributed by atoms with van der Waals surface area (Å²) in [6, 6.07) is 6.50. The fourth-order valence-electron chi connectivity index (χ4n) is 1.08. The lowest BCUT2D eigenvalue weighted by molar-refractivity contribution is -0.124. The Morgan fingerprint density at radius 3 is 2.75 bits per heavy atom. The van der Waals surface area contributed by atoms with E-state index in [0.717, 1.165) is 6.08 Å². The van der Waals surface area contributed by atoms with Crippen molar-refractivity contribution in [2.45, 2.75) is 0 Å². The molecule has 6 heteroatoms. The quantitative estimate of drug-likeness (QED) is 0.187. The van der Waals surface area contributed by atoms with E-state index < -0.39 is 11.8 Å². The number of nitrogens with one attached hydrogen (secondary N) is 2. The zero-order valence-corrected chi connectivity index (χ0v) is 8.31. The first-order valence-electron chi connectivity index (χ1n) is 4.40. The maximum absolute atomic E-state index is 11.2. The molecule has 0 aromatic heterocycles. The Balaban J connectivity index is 2.86. The molecule has 0 saturated heterocycles. The van der Waals surface area contributed by atoms with E-state index in [1.807, 2.05) is 5.43 Å². The molecule has 0 aliphatic heterocycles. The highest BCUT2D eigenvalue weighted by Crippen LogP contribution is 2.06. The van der Waals surface area contributed by atoms with Crippen molar-refractivity contribution in [1.29, 1.82) is 0 Å². The van der Waals surface area contributed by atoms with Crippen LogP contribution in [0.3, 0.4) is 0 Å². The van der Waals surface area contributed by atoms with E-state index in [9.17, 15) is 9.59 Å². The number of nitrogens with two attached hydrogens (primary N) is 1. The summed E-state index contributed by atoms with van der Waals surface area (Å²) in [6.07, 6.45) is 2.60. The normalized spacial score (nSPS) is 10.1. The van der Waals surface area contributed by atoms with Gasteiger partial charge in [-0.3, -0.25) is 20.2 Å². The predicted molar refractivity (Wildman–Crippen MR) is 57.1 cm³/mol. The molecule has 0 heterocycles. The Hall–Kier alpha value is -2.18. The summed E-state index contributed by atoms with van der Waals surface area (Å²) in [4.78, 5) is 21.9. The van der Waals surface area contributed by atoms with Crippen molar-refractivity contribution in [3.63, 3.8) is 0 Å². The van der Waals surface area contributed by atoms with E-state index in [-0.39, 0.29) is 0 Å². The average molecular weight is 221 g/mol. The van der Waals surface area contributed by atoms with Crippen molar-refractivity contribution < 1.29 is 14.8 Å². The Morgan fingerprint density at radius 2 is 2.12 bits per heavy atom. The maximum atomic E-state index is 11.2. The fourth-order valence-corrected chi connectivity index (χ4v) is 1.08. The van der Waals surface area contributed by atoms with Gasteiger partial charge in [-0.15, -0.1) is 0 Å². The number of hydrazine groups is 1. The smallest absolute Gasteiger partial charge is 0.267 e. The van der Waals surface area contributed by atoms with E-state index in [1.54, 1.807) is 24.3 Å². The zero-order chi connectivity index (χ0) is 12.0. The molecule has 16 heavy (non-hydrogen) atoms. The monoisotopic (exact) mass is 221 g/mol. The largest absolute Gasteiger partial charge is 0.290 e. The molecule has 84 valence electrons. The fraction of sp³-hybridized carbons (Fsp3) is 0. The van der Waals surface area contributed by atoms with Gasteiger partial charge in [-0.1, -0.05) is 12.1 Å². The van der Waals surface area contributed by atoms with Gasteiger partial charge in [0.05, 0.1) is 0 Å². The van der Waals surface area contributed by atoms with Gasteiger partial charge in [-0.05, 0) is 23.8 Å². The zero-order valence-electron chi connectivity index (χ0n) is 8.31. The lowest BCUT2D eigenvalue weighted by Crippen LogP contribution is -2.29. The van der Waals surface area contributed by atoms with Crippen LogP contribution in [-0.2, 0) is 4.79 Å². The number of amides is 2. The third-order valence-corrected chi connectivity index (χ3v) is 1.82. The second kappa shape index (κ2) is 5.64. The third kappa shape index (κ3) is 3.19. The summed E-state index contributed by atoms with van der Waals surface area (Å²) < 4.78 is 0. The first-order chi connectivity index (χ1) is 7.67. The van der Waals surface area contributed by atoms with E-state index in [4.69, 9.17) is 11.0 Å². The number of hydrogen-bond acceptors (Lipinski definition) is 4. The van der Waals surface area contributed by atoms with Gasteiger partial charge in [-0.2, -0.15) is 0 Å². The maximum Gasteiger partial charge on any atom is 0.267 e. The van der Waals surface area contributed by atoms with E-state index in [2.05, 4.69) is 0 Å². The van der Waals surface area contributed by atoms with Gasteiger partial charge in [0.1, 0.15) is 0 Å². The molecule has 0 fully saturated rings. The second-order valence-electron chi connectivity index (χ2n) is 2.91. The molecule has 0 unspecified atom stereocenters. The van der Waals surface area contributed by atoms with Crippen LogP contribution in [0.5, 0.6) is 0 Å². The predicted octanol–water partition coefficient (Wildman–Crippen LogP) is -0.191. The molecule has 0 atom stereocenters. The minimum atomic E-state index is -0.645. The van der Waals surface area contributed by atoms with Crippen molar-refractivity contribution in [2.75, 3.05) is 0 Å². The molecule has 1 aromatic carbocycles. The third-order valence-electron chi connectivity index (χ3n) is 1.82. The molecule has 0 saturated carbocycles. The van der Waals surface area contributed by atoms with E-state index >= 15 is 0 Å². The van der Waals surface area contributed by atoms with Gasteiger partial charge in [0.2, 0.25) is 0 Å². The highest BCUT2D eigenvalue weighted by atomic mass is 16.5. The molecular formula is C10H11N3O3.